The molecule has 0 aliphatic carbocycles. The summed E-state index contributed by atoms with van der Waals surface area (Å²) in [6.45, 7) is 7.80. The number of halogens is 1. The molecule has 158 valence electrons. The molecule has 1 N–H and O–H groups in total. The first-order chi connectivity index (χ1) is 14.3. The number of pyridine rings is 2. The maximum atomic E-state index is 13.1. The molecule has 2 aromatic heterocycles. The maximum absolute atomic E-state index is 13.1. The van der Waals surface area contributed by atoms with E-state index < -0.39 is 5.82 Å². The van der Waals surface area contributed by atoms with Crippen molar-refractivity contribution < 1.29 is 14.0 Å². The fourth-order valence-electron chi connectivity index (χ4n) is 3.88. The minimum absolute atomic E-state index is 0.0209. The van der Waals surface area contributed by atoms with E-state index in [2.05, 4.69) is 41.0 Å². The summed E-state index contributed by atoms with van der Waals surface area (Å²) >= 11 is 0. The Morgan fingerprint density at radius 1 is 1.23 bits per heavy atom. The monoisotopic (exact) mass is 411 g/mol. The van der Waals surface area contributed by atoms with Gasteiger partial charge in [-0.15, -0.1) is 0 Å². The van der Waals surface area contributed by atoms with Gasteiger partial charge in [0, 0.05) is 19.5 Å². The van der Waals surface area contributed by atoms with Gasteiger partial charge >= 0.3 is 6.03 Å². The number of ketones is 1. The summed E-state index contributed by atoms with van der Waals surface area (Å²) in [5.74, 6) is 0.918. The molecule has 0 unspecified atom stereocenters. The minimum Gasteiger partial charge on any atom is -0.366 e. The van der Waals surface area contributed by atoms with E-state index in [-0.39, 0.29) is 29.6 Å². The molecule has 0 aromatic carbocycles. The smallest absolute Gasteiger partial charge is 0.329 e. The molecule has 7 nitrogen and oxygen atoms in total. The molecule has 1 fully saturated rings. The first kappa shape index (κ1) is 20.3. The number of hydrogen-bond acceptors (Lipinski definition) is 5. The number of hydrogen-bond donors (Lipinski definition) is 1. The molecule has 0 radical (unpaired) electrons. The molecular formula is C22H26FN5O2. The summed E-state index contributed by atoms with van der Waals surface area (Å²) < 4.78 is 13.1. The molecule has 0 spiro atoms. The van der Waals surface area contributed by atoms with Gasteiger partial charge in [0.1, 0.15) is 17.3 Å². The summed E-state index contributed by atoms with van der Waals surface area (Å²) in [6, 6.07) is 5.88. The molecule has 2 amide bonds. The number of urea groups is 1. The molecule has 30 heavy (non-hydrogen) atoms. The van der Waals surface area contributed by atoms with E-state index >= 15 is 0 Å². The van der Waals surface area contributed by atoms with Crippen LogP contribution in [0.25, 0.3) is 0 Å². The maximum Gasteiger partial charge on any atom is 0.329 e. The highest BCUT2D eigenvalue weighted by Crippen LogP contribution is 2.39. The van der Waals surface area contributed by atoms with Gasteiger partial charge in [-0.05, 0) is 42.5 Å². The van der Waals surface area contributed by atoms with Crippen LogP contribution in [-0.2, 0) is 0 Å². The van der Waals surface area contributed by atoms with Gasteiger partial charge < -0.3 is 4.90 Å². The Hall–Kier alpha value is -3.03. The topological polar surface area (TPSA) is 78.4 Å². The molecule has 0 saturated carbocycles. The highest BCUT2D eigenvalue weighted by atomic mass is 19.1. The van der Waals surface area contributed by atoms with Crippen molar-refractivity contribution in [3.05, 3.63) is 42.0 Å². The van der Waals surface area contributed by atoms with E-state index in [0.29, 0.717) is 23.9 Å². The Labute approximate surface area is 175 Å². The molecule has 8 heteroatoms. The van der Waals surface area contributed by atoms with E-state index in [4.69, 9.17) is 0 Å². The zero-order valence-corrected chi connectivity index (χ0v) is 17.4. The van der Waals surface area contributed by atoms with Crippen LogP contribution >= 0.6 is 0 Å². The van der Waals surface area contributed by atoms with E-state index in [0.717, 1.165) is 31.4 Å². The van der Waals surface area contributed by atoms with E-state index in [1.165, 1.54) is 12.1 Å². The number of Topliss-reactive ketones (excluding diaryl/α,β-unsaturated/α-hetero) is 1. The minimum atomic E-state index is -0.469. The lowest BCUT2D eigenvalue weighted by Crippen LogP contribution is -2.48. The first-order valence-corrected chi connectivity index (χ1v) is 10.3. The summed E-state index contributed by atoms with van der Waals surface area (Å²) in [4.78, 5) is 38.2. The molecule has 4 heterocycles. The average molecular weight is 411 g/mol. The molecule has 2 atom stereocenters. The molecule has 2 aliphatic rings. The summed E-state index contributed by atoms with van der Waals surface area (Å²) in [6.07, 6.45) is 2.29. The number of carbonyl (C=O) groups is 2. The highest BCUT2D eigenvalue weighted by Gasteiger charge is 2.40. The van der Waals surface area contributed by atoms with Crippen LogP contribution in [0, 0.1) is 17.7 Å². The van der Waals surface area contributed by atoms with Gasteiger partial charge in [-0.25, -0.2) is 19.2 Å². The number of fused-ring (bicyclic) bond motifs is 4. The van der Waals surface area contributed by atoms with Crippen molar-refractivity contribution in [2.45, 2.75) is 39.7 Å². The lowest BCUT2D eigenvalue weighted by molar-refractivity contribution is 0.0948. The second-order valence-electron chi connectivity index (χ2n) is 8.44. The Balaban J connectivity index is 1.62. The Morgan fingerprint density at radius 2 is 2.03 bits per heavy atom. The molecule has 1 saturated heterocycles. The number of anilines is 3. The number of nitrogens with zero attached hydrogens (tertiary/aromatic N) is 4. The van der Waals surface area contributed by atoms with Crippen molar-refractivity contribution in [3.8, 4) is 0 Å². The van der Waals surface area contributed by atoms with Crippen LogP contribution in [0.3, 0.4) is 0 Å². The van der Waals surface area contributed by atoms with E-state index in [9.17, 15) is 14.0 Å². The molecule has 2 bridgehead atoms. The average Bonchev–Trinajstić information content (AvgIpc) is 3.13. The van der Waals surface area contributed by atoms with Crippen LogP contribution < -0.4 is 15.1 Å². The normalized spacial score (nSPS) is 18.4. The Morgan fingerprint density at radius 3 is 2.73 bits per heavy atom. The number of amides is 2. The van der Waals surface area contributed by atoms with E-state index in [1.807, 2.05) is 6.07 Å². The number of carbonyl (C=O) groups excluding carboxylic acids is 2. The van der Waals surface area contributed by atoms with Gasteiger partial charge in [0.15, 0.2) is 11.6 Å². The Bertz CT molecular complexity index is 963. The lowest BCUT2D eigenvalue weighted by Gasteiger charge is -2.35. The predicted octanol–water partition coefficient (Wildman–Crippen LogP) is 4.11. The van der Waals surface area contributed by atoms with Crippen molar-refractivity contribution in [3.63, 3.8) is 0 Å². The summed E-state index contributed by atoms with van der Waals surface area (Å²) in [7, 11) is 0. The third-order valence-corrected chi connectivity index (χ3v) is 6.06. The predicted molar refractivity (Wildman–Crippen MR) is 113 cm³/mol. The SMILES string of the molecule is CC(C)[C@@H](C)CC(=O)c1ccc2c(n1)N(C(=O)Nc1ccc(F)cn1)[C@H]1CCN2C1. The number of aromatic nitrogens is 2. The zero-order chi connectivity index (χ0) is 21.4. The van der Waals surface area contributed by atoms with Crippen molar-refractivity contribution in [1.29, 1.82) is 0 Å². The zero-order valence-electron chi connectivity index (χ0n) is 17.4. The highest BCUT2D eigenvalue weighted by molar-refractivity contribution is 6.05. The summed E-state index contributed by atoms with van der Waals surface area (Å²) in [5, 5.41) is 2.72. The van der Waals surface area contributed by atoms with Gasteiger partial charge in [-0.2, -0.15) is 0 Å². The summed E-state index contributed by atoms with van der Waals surface area (Å²) in [5.41, 5.74) is 1.22. The largest absolute Gasteiger partial charge is 0.366 e. The van der Waals surface area contributed by atoms with E-state index in [1.54, 1.807) is 11.0 Å². The molecule has 4 rings (SSSR count). The first-order valence-electron chi connectivity index (χ1n) is 10.3. The number of nitrogens with one attached hydrogen (secondary N) is 1. The molecule has 2 aliphatic heterocycles. The van der Waals surface area contributed by atoms with Gasteiger partial charge in [0.2, 0.25) is 0 Å². The van der Waals surface area contributed by atoms with Gasteiger partial charge in [-0.1, -0.05) is 20.8 Å². The fourth-order valence-corrected chi connectivity index (χ4v) is 3.88. The standard InChI is InChI=1S/C22H26FN5O2/c1-13(2)14(3)10-19(29)17-5-6-18-21(25-17)28(16-8-9-27(18)12-16)22(30)26-20-7-4-15(23)11-24-20/h4-7,11,13-14,16H,8-10,12H2,1-3H3,(H,24,26,30)/t14-,16-/m0/s1. The van der Waals surface area contributed by atoms with Crippen LogP contribution in [0.15, 0.2) is 30.5 Å². The third-order valence-electron chi connectivity index (χ3n) is 6.06. The van der Waals surface area contributed by atoms with Crippen LogP contribution in [0.1, 0.15) is 44.1 Å². The van der Waals surface area contributed by atoms with Gasteiger partial charge in [0.25, 0.3) is 0 Å². The fraction of sp³-hybridized carbons (Fsp3) is 0.455. The van der Waals surface area contributed by atoms with Crippen molar-refractivity contribution >= 4 is 29.1 Å². The van der Waals surface area contributed by atoms with Crippen molar-refractivity contribution in [1.82, 2.24) is 9.97 Å². The van der Waals surface area contributed by atoms with Crippen LogP contribution in [-0.4, -0.2) is 40.9 Å². The second kappa shape index (κ2) is 8.01. The van der Waals surface area contributed by atoms with Crippen LogP contribution in [0.5, 0.6) is 0 Å². The van der Waals surface area contributed by atoms with Crippen LogP contribution in [0.2, 0.25) is 0 Å². The number of rotatable bonds is 5. The molecular weight excluding hydrogens is 385 g/mol. The van der Waals surface area contributed by atoms with Crippen LogP contribution in [0.4, 0.5) is 26.5 Å². The lowest BCUT2D eigenvalue weighted by atomic mass is 9.92. The van der Waals surface area contributed by atoms with Gasteiger partial charge in [-0.3, -0.25) is 15.0 Å². The third kappa shape index (κ3) is 3.86. The Kier molecular flexibility index (Phi) is 5.40. The second-order valence-corrected chi connectivity index (χ2v) is 8.44. The molecule has 2 aromatic rings. The quantitative estimate of drug-likeness (QED) is 0.749. The van der Waals surface area contributed by atoms with Gasteiger partial charge in [0.05, 0.1) is 17.9 Å². The van der Waals surface area contributed by atoms with Crippen molar-refractivity contribution in [2.24, 2.45) is 11.8 Å². The van der Waals surface area contributed by atoms with Crippen molar-refractivity contribution in [2.75, 3.05) is 28.2 Å².